The molecule has 1 atom stereocenters. The summed E-state index contributed by atoms with van der Waals surface area (Å²) in [7, 11) is 3.03. The van der Waals surface area contributed by atoms with E-state index in [9.17, 15) is 9.59 Å². The van der Waals surface area contributed by atoms with E-state index in [2.05, 4.69) is 20.6 Å². The first-order valence-electron chi connectivity index (χ1n) is 13.7. The summed E-state index contributed by atoms with van der Waals surface area (Å²) in [5.74, 6) is 1.83. The quantitative estimate of drug-likeness (QED) is 0.204. The summed E-state index contributed by atoms with van der Waals surface area (Å²) in [6.07, 6.45) is 4.51. The maximum atomic E-state index is 12.5. The molecule has 0 aliphatic carbocycles. The number of amides is 3. The third-order valence-corrected chi connectivity index (χ3v) is 7.52. The van der Waals surface area contributed by atoms with E-state index in [0.29, 0.717) is 69.1 Å². The van der Waals surface area contributed by atoms with Crippen LogP contribution in [0.15, 0.2) is 48.1 Å². The van der Waals surface area contributed by atoms with Gasteiger partial charge in [0, 0.05) is 30.3 Å². The number of urea groups is 1. The highest BCUT2D eigenvalue weighted by molar-refractivity contribution is 7.11. The molecule has 1 saturated heterocycles. The number of fused-ring (bicyclic) bond motifs is 1. The molecular weight excluding hydrogens is 576 g/mol. The molecule has 43 heavy (non-hydrogen) atoms. The molecule has 5 rings (SSSR count). The van der Waals surface area contributed by atoms with Gasteiger partial charge in [-0.05, 0) is 50.5 Å². The molecule has 3 heterocycles. The Hall–Kier alpha value is -4.46. The second kappa shape index (κ2) is 14.1. The lowest BCUT2D eigenvalue weighted by Gasteiger charge is -2.22. The number of benzene rings is 2. The predicted molar refractivity (Wildman–Crippen MR) is 160 cm³/mol. The molecular formula is C30H32N4O8S. The second-order valence-corrected chi connectivity index (χ2v) is 10.3. The first kappa shape index (κ1) is 30.0. The van der Waals surface area contributed by atoms with Crippen LogP contribution in [0.3, 0.4) is 0 Å². The van der Waals surface area contributed by atoms with Gasteiger partial charge in [-0.2, -0.15) is 0 Å². The standard InChI is InChI=1S/C30H32N4O8S/c1-18-28(43-17-32-18)29(35)34-30(36)33-21-8-7-19(14-24(21)37-2)42-23-9-10-31-22-16-26(25(38-3)15-20(22)23)39-12-13-41-27-6-4-5-11-40-27/h7-10,14-17,27H,4-6,11-13H2,1-3H3,(H2,33,34,35,36)/t27-/m1/s1. The molecule has 2 aromatic heterocycles. The van der Waals surface area contributed by atoms with Crippen LogP contribution in [0.2, 0.25) is 0 Å². The zero-order valence-electron chi connectivity index (χ0n) is 24.0. The molecule has 12 nitrogen and oxygen atoms in total. The van der Waals surface area contributed by atoms with Gasteiger partial charge in [0.1, 0.15) is 28.7 Å². The van der Waals surface area contributed by atoms with E-state index in [1.54, 1.807) is 62.1 Å². The van der Waals surface area contributed by atoms with E-state index in [4.69, 9.17) is 28.4 Å². The Bertz CT molecular complexity index is 1590. The number of carbonyl (C=O) groups is 2. The average Bonchev–Trinajstić information content (AvgIpc) is 3.46. The summed E-state index contributed by atoms with van der Waals surface area (Å²) in [5.41, 5.74) is 3.09. The monoisotopic (exact) mass is 608 g/mol. The lowest BCUT2D eigenvalue weighted by molar-refractivity contribution is -0.165. The van der Waals surface area contributed by atoms with Crippen LogP contribution in [-0.4, -0.2) is 62.2 Å². The van der Waals surface area contributed by atoms with Gasteiger partial charge in [-0.25, -0.2) is 9.78 Å². The number of hydrogen-bond donors (Lipinski definition) is 2. The van der Waals surface area contributed by atoms with Gasteiger partial charge in [0.2, 0.25) is 0 Å². The van der Waals surface area contributed by atoms with E-state index in [0.717, 1.165) is 37.2 Å². The summed E-state index contributed by atoms with van der Waals surface area (Å²) in [6, 6.07) is 9.54. The van der Waals surface area contributed by atoms with Crippen molar-refractivity contribution in [3.05, 3.63) is 58.7 Å². The van der Waals surface area contributed by atoms with Crippen LogP contribution in [0, 0.1) is 6.92 Å². The first-order valence-corrected chi connectivity index (χ1v) is 14.5. The van der Waals surface area contributed by atoms with Crippen LogP contribution in [0.4, 0.5) is 10.5 Å². The molecule has 3 amide bonds. The number of carbonyl (C=O) groups excluding carboxylic acids is 2. The zero-order valence-corrected chi connectivity index (χ0v) is 24.8. The van der Waals surface area contributed by atoms with E-state index in [1.165, 1.54) is 7.11 Å². The molecule has 0 unspecified atom stereocenters. The van der Waals surface area contributed by atoms with Crippen LogP contribution >= 0.6 is 11.3 Å². The minimum absolute atomic E-state index is 0.180. The van der Waals surface area contributed by atoms with Gasteiger partial charge in [0.05, 0.1) is 43.2 Å². The fourth-order valence-electron chi connectivity index (χ4n) is 4.46. The van der Waals surface area contributed by atoms with Crippen molar-refractivity contribution < 1.29 is 38.0 Å². The van der Waals surface area contributed by atoms with Crippen LogP contribution in [0.1, 0.15) is 34.6 Å². The number of rotatable bonds is 11. The van der Waals surface area contributed by atoms with E-state index < -0.39 is 11.9 Å². The van der Waals surface area contributed by atoms with Gasteiger partial charge in [-0.1, -0.05) is 0 Å². The van der Waals surface area contributed by atoms with Crippen molar-refractivity contribution in [1.29, 1.82) is 0 Å². The fraction of sp³-hybridized carbons (Fsp3) is 0.333. The van der Waals surface area contributed by atoms with Crippen molar-refractivity contribution in [3.63, 3.8) is 0 Å². The van der Waals surface area contributed by atoms with Crippen LogP contribution in [-0.2, 0) is 9.47 Å². The van der Waals surface area contributed by atoms with Gasteiger partial charge in [-0.3, -0.25) is 15.1 Å². The summed E-state index contributed by atoms with van der Waals surface area (Å²) in [5, 5.41) is 5.63. The van der Waals surface area contributed by atoms with Crippen LogP contribution in [0.5, 0.6) is 28.7 Å². The van der Waals surface area contributed by atoms with Gasteiger partial charge >= 0.3 is 6.03 Å². The average molecular weight is 609 g/mol. The Labute approximate surface area is 252 Å². The number of aryl methyl sites for hydroxylation is 1. The van der Waals surface area contributed by atoms with Crippen molar-refractivity contribution in [2.45, 2.75) is 32.5 Å². The molecule has 4 aromatic rings. The topological polar surface area (TPSA) is 139 Å². The molecule has 2 N–H and O–H groups in total. The SMILES string of the molecule is COc1cc(Oc2ccnc3cc(OCCO[C@@H]4CCCCO4)c(OC)cc23)ccc1NC(=O)NC(=O)c1scnc1C. The Morgan fingerprint density at radius 1 is 1.00 bits per heavy atom. The molecule has 2 aromatic carbocycles. The lowest BCUT2D eigenvalue weighted by Crippen LogP contribution is -2.34. The van der Waals surface area contributed by atoms with Crippen LogP contribution < -0.4 is 29.6 Å². The molecule has 1 fully saturated rings. The van der Waals surface area contributed by atoms with Crippen molar-refractivity contribution in [1.82, 2.24) is 15.3 Å². The largest absolute Gasteiger partial charge is 0.494 e. The third-order valence-electron chi connectivity index (χ3n) is 6.60. The molecule has 1 aliphatic heterocycles. The number of imide groups is 1. The third kappa shape index (κ3) is 7.49. The molecule has 0 bridgehead atoms. The van der Waals surface area contributed by atoms with Crippen molar-refractivity contribution >= 4 is 39.9 Å². The Kier molecular flexibility index (Phi) is 9.87. The molecule has 0 saturated carbocycles. The van der Waals surface area contributed by atoms with E-state index >= 15 is 0 Å². The number of nitrogens with zero attached hydrogens (tertiary/aromatic N) is 2. The van der Waals surface area contributed by atoms with E-state index in [-0.39, 0.29) is 6.29 Å². The van der Waals surface area contributed by atoms with Crippen LogP contribution in [0.25, 0.3) is 10.9 Å². The van der Waals surface area contributed by atoms with E-state index in [1.807, 2.05) is 0 Å². The van der Waals surface area contributed by atoms with Gasteiger partial charge < -0.3 is 33.7 Å². The number of thiazole rings is 1. The maximum absolute atomic E-state index is 12.5. The van der Waals surface area contributed by atoms with Gasteiger partial charge in [0.15, 0.2) is 17.8 Å². The highest BCUT2D eigenvalue weighted by Crippen LogP contribution is 2.38. The first-order chi connectivity index (χ1) is 20.9. The lowest BCUT2D eigenvalue weighted by atomic mass is 10.1. The molecule has 13 heteroatoms. The van der Waals surface area contributed by atoms with Crippen molar-refractivity contribution in [2.24, 2.45) is 0 Å². The van der Waals surface area contributed by atoms with Crippen molar-refractivity contribution in [2.75, 3.05) is 39.4 Å². The summed E-state index contributed by atoms with van der Waals surface area (Å²) in [6.45, 7) is 3.14. The summed E-state index contributed by atoms with van der Waals surface area (Å²) >= 11 is 1.16. The number of ether oxygens (including phenoxy) is 6. The highest BCUT2D eigenvalue weighted by atomic mass is 32.1. The number of pyridine rings is 1. The fourth-order valence-corrected chi connectivity index (χ4v) is 5.16. The molecule has 0 radical (unpaired) electrons. The summed E-state index contributed by atoms with van der Waals surface area (Å²) < 4.78 is 34.5. The molecule has 226 valence electrons. The predicted octanol–water partition coefficient (Wildman–Crippen LogP) is 5.69. The van der Waals surface area contributed by atoms with Crippen molar-refractivity contribution in [3.8, 4) is 28.7 Å². The number of methoxy groups -OCH3 is 2. The minimum Gasteiger partial charge on any atom is -0.494 e. The zero-order chi connectivity index (χ0) is 30.2. The summed E-state index contributed by atoms with van der Waals surface area (Å²) in [4.78, 5) is 33.7. The number of nitrogens with one attached hydrogen (secondary N) is 2. The Morgan fingerprint density at radius 2 is 1.86 bits per heavy atom. The highest BCUT2D eigenvalue weighted by Gasteiger charge is 2.18. The number of anilines is 1. The molecule has 1 aliphatic rings. The second-order valence-electron chi connectivity index (χ2n) is 9.48. The van der Waals surface area contributed by atoms with Gasteiger partial charge in [0.25, 0.3) is 5.91 Å². The number of aromatic nitrogens is 2. The Morgan fingerprint density at radius 3 is 2.60 bits per heavy atom. The number of hydrogen-bond acceptors (Lipinski definition) is 11. The smallest absolute Gasteiger partial charge is 0.326 e. The van der Waals surface area contributed by atoms with Gasteiger partial charge in [-0.15, -0.1) is 11.3 Å². The minimum atomic E-state index is -0.705. The molecule has 0 spiro atoms. The maximum Gasteiger partial charge on any atom is 0.326 e. The Balaban J connectivity index is 1.25. The normalized spacial score (nSPS) is 14.6.